The zero-order valence-electron chi connectivity index (χ0n) is 10.3. The van der Waals surface area contributed by atoms with Crippen LogP contribution in [0.1, 0.15) is 31.4 Å². The van der Waals surface area contributed by atoms with Crippen LogP contribution in [0.5, 0.6) is 0 Å². The normalized spacial score (nSPS) is 10.8. The number of aryl methyl sites for hydroxylation is 1. The SMILES string of the molecule is Cc1cc(NCc2nncn2C(C)C)ncn1. The lowest BCUT2D eigenvalue weighted by molar-refractivity contribution is 0.572. The van der Waals surface area contributed by atoms with Crippen molar-refractivity contribution in [1.29, 1.82) is 0 Å². The van der Waals surface area contributed by atoms with Crippen molar-refractivity contribution in [3.8, 4) is 0 Å². The fourth-order valence-electron chi connectivity index (χ4n) is 1.55. The van der Waals surface area contributed by atoms with E-state index in [1.807, 2.05) is 17.6 Å². The smallest absolute Gasteiger partial charge is 0.152 e. The standard InChI is InChI=1S/C11H16N6/c1-8(2)17-7-15-16-11(17)5-12-10-4-9(3)13-6-14-10/h4,6-8H,5H2,1-3H3,(H,12,13,14). The van der Waals surface area contributed by atoms with Gasteiger partial charge in [0, 0.05) is 17.8 Å². The van der Waals surface area contributed by atoms with Crippen LogP contribution in [0.4, 0.5) is 5.82 Å². The molecular formula is C11H16N6. The largest absolute Gasteiger partial charge is 0.363 e. The van der Waals surface area contributed by atoms with Crippen molar-refractivity contribution in [1.82, 2.24) is 24.7 Å². The van der Waals surface area contributed by atoms with Gasteiger partial charge in [-0.25, -0.2) is 9.97 Å². The van der Waals surface area contributed by atoms with Crippen LogP contribution in [-0.4, -0.2) is 24.7 Å². The number of rotatable bonds is 4. The van der Waals surface area contributed by atoms with E-state index >= 15 is 0 Å². The molecule has 17 heavy (non-hydrogen) atoms. The maximum absolute atomic E-state index is 4.13. The van der Waals surface area contributed by atoms with Crippen molar-refractivity contribution in [3.05, 3.63) is 30.2 Å². The van der Waals surface area contributed by atoms with Gasteiger partial charge in [0.15, 0.2) is 5.82 Å². The maximum atomic E-state index is 4.13. The van der Waals surface area contributed by atoms with Crippen LogP contribution in [0.3, 0.4) is 0 Å². The zero-order valence-corrected chi connectivity index (χ0v) is 10.3. The van der Waals surface area contributed by atoms with Crippen molar-refractivity contribution in [2.45, 2.75) is 33.4 Å². The molecule has 1 N–H and O–H groups in total. The van der Waals surface area contributed by atoms with Crippen molar-refractivity contribution >= 4 is 5.82 Å². The Labute approximate surface area is 100 Å². The molecule has 0 aliphatic carbocycles. The molecule has 0 aromatic carbocycles. The molecule has 0 aliphatic rings. The van der Waals surface area contributed by atoms with Gasteiger partial charge in [-0.05, 0) is 20.8 Å². The lowest BCUT2D eigenvalue weighted by Gasteiger charge is -2.10. The quantitative estimate of drug-likeness (QED) is 0.866. The van der Waals surface area contributed by atoms with Crippen LogP contribution in [0, 0.1) is 6.92 Å². The first-order valence-corrected chi connectivity index (χ1v) is 5.57. The Morgan fingerprint density at radius 2 is 2.18 bits per heavy atom. The van der Waals surface area contributed by atoms with Crippen LogP contribution in [-0.2, 0) is 6.54 Å². The Morgan fingerprint density at radius 3 is 2.88 bits per heavy atom. The van der Waals surface area contributed by atoms with Crippen molar-refractivity contribution < 1.29 is 0 Å². The van der Waals surface area contributed by atoms with E-state index in [0.29, 0.717) is 12.6 Å². The molecule has 2 heterocycles. The van der Waals surface area contributed by atoms with Gasteiger partial charge in [0.25, 0.3) is 0 Å². The summed E-state index contributed by atoms with van der Waals surface area (Å²) in [7, 11) is 0. The number of hydrogen-bond acceptors (Lipinski definition) is 5. The molecule has 0 bridgehead atoms. The van der Waals surface area contributed by atoms with E-state index < -0.39 is 0 Å². The first-order chi connectivity index (χ1) is 8.16. The van der Waals surface area contributed by atoms with Gasteiger partial charge in [-0.15, -0.1) is 10.2 Å². The molecule has 90 valence electrons. The third kappa shape index (κ3) is 2.77. The van der Waals surface area contributed by atoms with E-state index in [0.717, 1.165) is 17.3 Å². The fraction of sp³-hybridized carbons (Fsp3) is 0.455. The van der Waals surface area contributed by atoms with Crippen LogP contribution in [0.15, 0.2) is 18.7 Å². The molecule has 0 saturated heterocycles. The number of anilines is 1. The average molecular weight is 232 g/mol. The molecule has 6 nitrogen and oxygen atoms in total. The molecule has 0 fully saturated rings. The number of nitrogens with zero attached hydrogens (tertiary/aromatic N) is 5. The van der Waals surface area contributed by atoms with Crippen LogP contribution in [0.25, 0.3) is 0 Å². The fourth-order valence-corrected chi connectivity index (χ4v) is 1.55. The van der Waals surface area contributed by atoms with Crippen molar-refractivity contribution in [2.75, 3.05) is 5.32 Å². The third-order valence-corrected chi connectivity index (χ3v) is 2.44. The predicted octanol–water partition coefficient (Wildman–Crippen LogP) is 1.57. The zero-order chi connectivity index (χ0) is 12.3. The third-order valence-electron chi connectivity index (χ3n) is 2.44. The summed E-state index contributed by atoms with van der Waals surface area (Å²) in [5.41, 5.74) is 0.938. The highest BCUT2D eigenvalue weighted by Crippen LogP contribution is 2.09. The Bertz CT molecular complexity index is 490. The summed E-state index contributed by atoms with van der Waals surface area (Å²) < 4.78 is 2.03. The molecule has 6 heteroatoms. The summed E-state index contributed by atoms with van der Waals surface area (Å²) in [6, 6.07) is 2.25. The van der Waals surface area contributed by atoms with Gasteiger partial charge in [-0.3, -0.25) is 0 Å². The van der Waals surface area contributed by atoms with Gasteiger partial charge >= 0.3 is 0 Å². The highest BCUT2D eigenvalue weighted by Gasteiger charge is 2.06. The topological polar surface area (TPSA) is 68.5 Å². The van der Waals surface area contributed by atoms with E-state index in [2.05, 4.69) is 39.3 Å². The first kappa shape index (κ1) is 11.5. The first-order valence-electron chi connectivity index (χ1n) is 5.57. The minimum Gasteiger partial charge on any atom is -0.363 e. The molecule has 2 aromatic heterocycles. The molecule has 0 atom stereocenters. The van der Waals surface area contributed by atoms with Gasteiger partial charge in [0.2, 0.25) is 0 Å². The summed E-state index contributed by atoms with van der Waals surface area (Å²) in [4.78, 5) is 8.18. The molecular weight excluding hydrogens is 216 g/mol. The number of hydrogen-bond donors (Lipinski definition) is 1. The van der Waals surface area contributed by atoms with Gasteiger partial charge in [-0.1, -0.05) is 0 Å². The van der Waals surface area contributed by atoms with Gasteiger partial charge in [-0.2, -0.15) is 0 Å². The minimum absolute atomic E-state index is 0.355. The Hall–Kier alpha value is -1.98. The second kappa shape index (κ2) is 4.90. The molecule has 0 saturated carbocycles. The van der Waals surface area contributed by atoms with Gasteiger partial charge in [0.05, 0.1) is 6.54 Å². The maximum Gasteiger partial charge on any atom is 0.152 e. The molecule has 2 rings (SSSR count). The van der Waals surface area contributed by atoms with E-state index in [-0.39, 0.29) is 0 Å². The minimum atomic E-state index is 0.355. The summed E-state index contributed by atoms with van der Waals surface area (Å²) >= 11 is 0. The second-order valence-electron chi connectivity index (χ2n) is 4.15. The highest BCUT2D eigenvalue weighted by molar-refractivity contribution is 5.34. The average Bonchev–Trinajstić information content (AvgIpc) is 2.74. The number of nitrogens with one attached hydrogen (secondary N) is 1. The Kier molecular flexibility index (Phi) is 3.32. The summed E-state index contributed by atoms with van der Waals surface area (Å²) in [5.74, 6) is 1.70. The van der Waals surface area contributed by atoms with Crippen LogP contribution in [0.2, 0.25) is 0 Å². The molecule has 0 radical (unpaired) electrons. The lowest BCUT2D eigenvalue weighted by atomic mass is 10.4. The summed E-state index contributed by atoms with van der Waals surface area (Å²) in [6.45, 7) is 6.74. The Morgan fingerprint density at radius 1 is 1.35 bits per heavy atom. The van der Waals surface area contributed by atoms with E-state index in [4.69, 9.17) is 0 Å². The van der Waals surface area contributed by atoms with Crippen molar-refractivity contribution in [2.24, 2.45) is 0 Å². The molecule has 2 aromatic rings. The van der Waals surface area contributed by atoms with Crippen LogP contribution >= 0.6 is 0 Å². The summed E-state index contributed by atoms with van der Waals surface area (Å²) in [5, 5.41) is 11.2. The van der Waals surface area contributed by atoms with E-state index in [9.17, 15) is 0 Å². The van der Waals surface area contributed by atoms with E-state index in [1.165, 1.54) is 0 Å². The summed E-state index contributed by atoms with van der Waals surface area (Å²) in [6.07, 6.45) is 3.29. The monoisotopic (exact) mass is 232 g/mol. The van der Waals surface area contributed by atoms with E-state index in [1.54, 1.807) is 12.7 Å². The second-order valence-corrected chi connectivity index (χ2v) is 4.15. The van der Waals surface area contributed by atoms with Crippen molar-refractivity contribution in [3.63, 3.8) is 0 Å². The van der Waals surface area contributed by atoms with Crippen LogP contribution < -0.4 is 5.32 Å². The predicted molar refractivity (Wildman–Crippen MR) is 64.5 cm³/mol. The Balaban J connectivity index is 2.05. The lowest BCUT2D eigenvalue weighted by Crippen LogP contribution is -2.10. The molecule has 0 aliphatic heterocycles. The molecule has 0 spiro atoms. The number of aromatic nitrogens is 5. The van der Waals surface area contributed by atoms with Gasteiger partial charge < -0.3 is 9.88 Å². The molecule has 0 unspecified atom stereocenters. The highest BCUT2D eigenvalue weighted by atomic mass is 15.3. The van der Waals surface area contributed by atoms with Gasteiger partial charge in [0.1, 0.15) is 18.5 Å². The molecule has 0 amide bonds.